The molecule has 6 heteroatoms. The second-order valence-corrected chi connectivity index (χ2v) is 6.63. The van der Waals surface area contributed by atoms with Crippen LogP contribution >= 0.6 is 34.9 Å². The smallest absolute Gasteiger partial charge is 0.276 e. The first-order valence-electron chi connectivity index (χ1n) is 5.94. The molecule has 98 valence electrons. The number of aromatic amines is 1. The molecule has 1 aromatic carbocycles. The average molecular weight is 316 g/mol. The molecule has 0 aliphatic rings. The van der Waals surface area contributed by atoms with Crippen molar-refractivity contribution in [3.8, 4) is 5.69 Å². The molecule has 4 aromatic rings. The van der Waals surface area contributed by atoms with Crippen LogP contribution in [-0.2, 0) is 0 Å². The van der Waals surface area contributed by atoms with E-state index in [2.05, 4.69) is 4.98 Å². The van der Waals surface area contributed by atoms with Gasteiger partial charge in [0.15, 0.2) is 4.77 Å². The normalized spacial score (nSPS) is 11.4. The Bertz CT molecular complexity index is 1050. The van der Waals surface area contributed by atoms with E-state index in [0.717, 1.165) is 16.6 Å². The summed E-state index contributed by atoms with van der Waals surface area (Å²) in [5, 5.41) is 5.06. The van der Waals surface area contributed by atoms with Crippen LogP contribution in [0.15, 0.2) is 45.9 Å². The summed E-state index contributed by atoms with van der Waals surface area (Å²) in [5.41, 5.74) is 1.55. The molecule has 4 rings (SSSR count). The average Bonchev–Trinajstić information content (AvgIpc) is 3.06. The van der Waals surface area contributed by atoms with Crippen molar-refractivity contribution in [2.75, 3.05) is 0 Å². The lowest BCUT2D eigenvalue weighted by atomic mass is 10.2. The number of nitrogens with one attached hydrogen (secondary N) is 1. The first kappa shape index (κ1) is 12.0. The number of aromatic nitrogens is 2. The van der Waals surface area contributed by atoms with Gasteiger partial charge in [0, 0.05) is 4.70 Å². The first-order valence-corrected chi connectivity index (χ1v) is 8.11. The van der Waals surface area contributed by atoms with Gasteiger partial charge in [-0.1, -0.05) is 0 Å². The molecule has 0 amide bonds. The zero-order valence-corrected chi connectivity index (χ0v) is 12.6. The second kappa shape index (κ2) is 4.37. The highest BCUT2D eigenvalue weighted by molar-refractivity contribution is 7.71. The summed E-state index contributed by atoms with van der Waals surface area (Å²) in [6, 6.07) is 9.88. The van der Waals surface area contributed by atoms with Gasteiger partial charge in [0.05, 0.1) is 11.2 Å². The number of benzene rings is 1. The summed E-state index contributed by atoms with van der Waals surface area (Å²) in [5.74, 6) is 0. The van der Waals surface area contributed by atoms with E-state index in [1.165, 1.54) is 16.0 Å². The zero-order valence-electron chi connectivity index (χ0n) is 10.1. The highest BCUT2D eigenvalue weighted by atomic mass is 32.1. The maximum atomic E-state index is 12.6. The van der Waals surface area contributed by atoms with Gasteiger partial charge in [0.1, 0.15) is 4.70 Å². The summed E-state index contributed by atoms with van der Waals surface area (Å²) in [6.45, 7) is 0. The molecule has 0 unspecified atom stereocenters. The van der Waals surface area contributed by atoms with Crippen LogP contribution in [0.1, 0.15) is 0 Å². The van der Waals surface area contributed by atoms with E-state index < -0.39 is 0 Å². The van der Waals surface area contributed by atoms with Gasteiger partial charge in [-0.2, -0.15) is 0 Å². The molecule has 0 aliphatic heterocycles. The van der Waals surface area contributed by atoms with Crippen molar-refractivity contribution in [3.05, 3.63) is 56.2 Å². The quantitative estimate of drug-likeness (QED) is 0.531. The molecule has 0 radical (unpaired) electrons. The third-order valence-corrected chi connectivity index (χ3v) is 5.29. The minimum absolute atomic E-state index is 0.0617. The van der Waals surface area contributed by atoms with Gasteiger partial charge in [0.2, 0.25) is 0 Å². The number of thiophene rings is 2. The highest BCUT2D eigenvalue weighted by Crippen LogP contribution is 2.23. The molecule has 0 spiro atoms. The summed E-state index contributed by atoms with van der Waals surface area (Å²) in [4.78, 5) is 15.7. The van der Waals surface area contributed by atoms with Gasteiger partial charge in [-0.15, -0.1) is 22.7 Å². The fourth-order valence-corrected chi connectivity index (χ4v) is 4.11. The lowest BCUT2D eigenvalue weighted by Crippen LogP contribution is -2.19. The van der Waals surface area contributed by atoms with E-state index in [1.54, 1.807) is 15.9 Å². The minimum Gasteiger partial charge on any atom is -0.331 e. The van der Waals surface area contributed by atoms with Crippen molar-refractivity contribution in [1.29, 1.82) is 0 Å². The van der Waals surface area contributed by atoms with E-state index >= 15 is 0 Å². The molecule has 0 saturated heterocycles. The predicted molar refractivity (Wildman–Crippen MR) is 88.0 cm³/mol. The lowest BCUT2D eigenvalue weighted by Gasteiger charge is -2.06. The number of H-pyrrole nitrogens is 1. The van der Waals surface area contributed by atoms with Crippen molar-refractivity contribution >= 4 is 55.2 Å². The SMILES string of the molecule is O=c1c2sccc2[nH]c(=S)n1-c1ccc2sccc2c1. The van der Waals surface area contributed by atoms with Crippen molar-refractivity contribution in [2.45, 2.75) is 0 Å². The van der Waals surface area contributed by atoms with Crippen LogP contribution in [0.2, 0.25) is 0 Å². The van der Waals surface area contributed by atoms with Gasteiger partial charge in [0.25, 0.3) is 5.56 Å². The van der Waals surface area contributed by atoms with Crippen LogP contribution in [-0.4, -0.2) is 9.55 Å². The second-order valence-electron chi connectivity index (χ2n) is 4.38. The maximum absolute atomic E-state index is 12.6. The van der Waals surface area contributed by atoms with Crippen LogP contribution in [0.4, 0.5) is 0 Å². The predicted octanol–water partition coefficient (Wildman–Crippen LogP) is 4.32. The van der Waals surface area contributed by atoms with Crippen LogP contribution in [0.5, 0.6) is 0 Å². The number of hydrogen-bond donors (Lipinski definition) is 1. The molecule has 20 heavy (non-hydrogen) atoms. The molecule has 0 saturated carbocycles. The van der Waals surface area contributed by atoms with Crippen molar-refractivity contribution in [2.24, 2.45) is 0 Å². The van der Waals surface area contributed by atoms with E-state index in [4.69, 9.17) is 12.2 Å². The van der Waals surface area contributed by atoms with Crippen LogP contribution in [0.3, 0.4) is 0 Å². The van der Waals surface area contributed by atoms with Crippen LogP contribution < -0.4 is 5.56 Å². The number of rotatable bonds is 1. The largest absolute Gasteiger partial charge is 0.331 e. The van der Waals surface area contributed by atoms with Gasteiger partial charge in [-0.05, 0) is 58.7 Å². The monoisotopic (exact) mass is 316 g/mol. The Morgan fingerprint density at radius 1 is 1.10 bits per heavy atom. The third-order valence-electron chi connectivity index (χ3n) is 3.20. The molecular weight excluding hydrogens is 308 g/mol. The van der Waals surface area contributed by atoms with Gasteiger partial charge in [-0.25, -0.2) is 0 Å². The molecule has 0 bridgehead atoms. The summed E-state index contributed by atoms with van der Waals surface area (Å²) < 4.78 is 3.89. The molecule has 1 N–H and O–H groups in total. The number of hydrogen-bond acceptors (Lipinski definition) is 4. The topological polar surface area (TPSA) is 37.8 Å². The maximum Gasteiger partial charge on any atom is 0.276 e. The molecular formula is C14H8N2OS3. The van der Waals surface area contributed by atoms with Gasteiger partial charge < -0.3 is 4.98 Å². The lowest BCUT2D eigenvalue weighted by molar-refractivity contribution is 0.946. The van der Waals surface area contributed by atoms with E-state index in [-0.39, 0.29) is 5.56 Å². The fourth-order valence-electron chi connectivity index (χ4n) is 2.27. The van der Waals surface area contributed by atoms with Crippen LogP contribution in [0.25, 0.3) is 26.0 Å². The molecule has 3 aromatic heterocycles. The van der Waals surface area contributed by atoms with Crippen molar-refractivity contribution in [3.63, 3.8) is 0 Å². The molecule has 3 nitrogen and oxygen atoms in total. The Labute approximate surface area is 126 Å². The first-order chi connectivity index (χ1) is 9.74. The van der Waals surface area contributed by atoms with E-state index in [0.29, 0.717) is 9.47 Å². The summed E-state index contributed by atoms with van der Waals surface area (Å²) in [6.07, 6.45) is 0. The van der Waals surface area contributed by atoms with Gasteiger partial charge in [-0.3, -0.25) is 9.36 Å². The van der Waals surface area contributed by atoms with E-state index in [1.807, 2.05) is 41.1 Å². The zero-order chi connectivity index (χ0) is 13.7. The highest BCUT2D eigenvalue weighted by Gasteiger charge is 2.09. The number of nitrogens with zero attached hydrogens (tertiary/aromatic N) is 1. The Kier molecular flexibility index (Phi) is 2.63. The molecule has 0 aliphatic carbocycles. The standard InChI is InChI=1S/C14H8N2OS3/c17-13-12-10(4-6-20-12)15-14(18)16(13)9-1-2-11-8(7-9)3-5-19-11/h1-7H,(H,15,18). The van der Waals surface area contributed by atoms with Crippen LogP contribution in [0, 0.1) is 4.77 Å². The number of fused-ring (bicyclic) bond motifs is 2. The Morgan fingerprint density at radius 2 is 1.95 bits per heavy atom. The summed E-state index contributed by atoms with van der Waals surface area (Å²) in [7, 11) is 0. The Morgan fingerprint density at radius 3 is 2.85 bits per heavy atom. The molecule has 3 heterocycles. The molecule has 0 fully saturated rings. The fraction of sp³-hybridized carbons (Fsp3) is 0. The van der Waals surface area contributed by atoms with Crippen molar-refractivity contribution < 1.29 is 0 Å². The minimum atomic E-state index is -0.0617. The molecule has 0 atom stereocenters. The summed E-state index contributed by atoms with van der Waals surface area (Å²) >= 11 is 8.44. The van der Waals surface area contributed by atoms with Gasteiger partial charge >= 0.3 is 0 Å². The Balaban J connectivity index is 2.10. The van der Waals surface area contributed by atoms with E-state index in [9.17, 15) is 4.79 Å². The third kappa shape index (κ3) is 1.69. The van der Waals surface area contributed by atoms with Crippen molar-refractivity contribution in [1.82, 2.24) is 9.55 Å². The Hall–Kier alpha value is -1.76.